The van der Waals surface area contributed by atoms with Crippen LogP contribution in [0.1, 0.15) is 39.1 Å². The maximum atomic E-state index is 12.5. The van der Waals surface area contributed by atoms with Gasteiger partial charge in [0.2, 0.25) is 0 Å². The first-order valence-electron chi connectivity index (χ1n) is 11.9. The van der Waals surface area contributed by atoms with Crippen molar-refractivity contribution in [3.05, 3.63) is 109 Å². The molecule has 0 N–H and O–H groups in total. The number of benzene rings is 3. The van der Waals surface area contributed by atoms with Crippen molar-refractivity contribution in [1.29, 1.82) is 0 Å². The van der Waals surface area contributed by atoms with Gasteiger partial charge in [-0.3, -0.25) is 0 Å². The van der Waals surface area contributed by atoms with Crippen LogP contribution in [0.5, 0.6) is 17.2 Å². The molecular formula is C30H26O9. The van der Waals surface area contributed by atoms with Crippen LogP contribution in [0.3, 0.4) is 0 Å². The Morgan fingerprint density at radius 1 is 0.590 bits per heavy atom. The number of carbonyl (C=O) groups is 4. The highest BCUT2D eigenvalue weighted by Crippen LogP contribution is 2.21. The van der Waals surface area contributed by atoms with Gasteiger partial charge in [-0.25, -0.2) is 19.2 Å². The Morgan fingerprint density at radius 2 is 1.03 bits per heavy atom. The summed E-state index contributed by atoms with van der Waals surface area (Å²) in [6.45, 7) is 7.25. The van der Waals surface area contributed by atoms with Gasteiger partial charge in [0.1, 0.15) is 17.2 Å². The van der Waals surface area contributed by atoms with Gasteiger partial charge in [-0.15, -0.1) is 0 Å². The zero-order valence-electron chi connectivity index (χ0n) is 21.0. The van der Waals surface area contributed by atoms with E-state index < -0.39 is 24.1 Å². The number of esters is 3. The Labute approximate surface area is 225 Å². The molecule has 0 radical (unpaired) electrons. The molecule has 0 spiro atoms. The highest BCUT2D eigenvalue weighted by molar-refractivity contribution is 5.92. The molecule has 0 saturated carbocycles. The fraction of sp³-hybridized carbons (Fsp3) is 0.133. The van der Waals surface area contributed by atoms with Crippen LogP contribution in [-0.2, 0) is 14.3 Å². The van der Waals surface area contributed by atoms with Crippen molar-refractivity contribution in [3.8, 4) is 17.2 Å². The number of carbonyl (C=O) groups excluding carboxylic acids is 4. The molecule has 0 heterocycles. The monoisotopic (exact) mass is 530 g/mol. The third kappa shape index (κ3) is 9.32. The van der Waals surface area contributed by atoms with E-state index in [1.807, 2.05) is 0 Å². The summed E-state index contributed by atoms with van der Waals surface area (Å²) in [6, 6.07) is 18.5. The van der Waals surface area contributed by atoms with Crippen molar-refractivity contribution in [3.63, 3.8) is 0 Å². The average Bonchev–Trinajstić information content (AvgIpc) is 2.96. The number of hydrogen-bond donors (Lipinski definition) is 0. The largest absolute Gasteiger partial charge is 0.513 e. The molecule has 0 unspecified atom stereocenters. The summed E-state index contributed by atoms with van der Waals surface area (Å²) < 4.78 is 25.5. The predicted octanol–water partition coefficient (Wildman–Crippen LogP) is 5.79. The minimum absolute atomic E-state index is 0.0930. The Kier molecular flexibility index (Phi) is 10.6. The van der Waals surface area contributed by atoms with E-state index in [0.29, 0.717) is 18.4 Å². The average molecular weight is 531 g/mol. The molecule has 0 saturated heterocycles. The van der Waals surface area contributed by atoms with Crippen molar-refractivity contribution in [2.75, 3.05) is 13.2 Å². The van der Waals surface area contributed by atoms with E-state index in [-0.39, 0.29) is 36.0 Å². The predicted molar refractivity (Wildman–Crippen MR) is 142 cm³/mol. The van der Waals surface area contributed by atoms with Gasteiger partial charge in [-0.2, -0.15) is 0 Å². The van der Waals surface area contributed by atoms with E-state index in [1.165, 1.54) is 48.5 Å². The second kappa shape index (κ2) is 14.5. The van der Waals surface area contributed by atoms with Gasteiger partial charge in [0, 0.05) is 6.08 Å². The molecule has 0 atom stereocenters. The molecule has 0 amide bonds. The van der Waals surface area contributed by atoms with E-state index in [2.05, 4.69) is 13.2 Å². The molecule has 39 heavy (non-hydrogen) atoms. The normalized spacial score (nSPS) is 10.1. The van der Waals surface area contributed by atoms with E-state index in [0.717, 1.165) is 11.6 Å². The lowest BCUT2D eigenvalue weighted by molar-refractivity contribution is -0.137. The summed E-state index contributed by atoms with van der Waals surface area (Å²) in [5.74, 6) is -0.941. The minimum Gasteiger partial charge on any atom is -0.463 e. The molecule has 0 aromatic heterocycles. The van der Waals surface area contributed by atoms with Crippen molar-refractivity contribution in [1.82, 2.24) is 0 Å². The van der Waals surface area contributed by atoms with E-state index in [1.54, 1.807) is 30.3 Å². The fourth-order valence-electron chi connectivity index (χ4n) is 3.04. The number of unbranched alkanes of at least 4 members (excludes halogenated alkanes) is 1. The topological polar surface area (TPSA) is 114 Å². The lowest BCUT2D eigenvalue weighted by atomic mass is 10.1. The van der Waals surface area contributed by atoms with Gasteiger partial charge in [-0.05, 0) is 79.1 Å². The summed E-state index contributed by atoms with van der Waals surface area (Å²) in [6.07, 6.45) is 2.85. The summed E-state index contributed by atoms with van der Waals surface area (Å²) in [7, 11) is 0. The second-order valence-electron chi connectivity index (χ2n) is 7.88. The standard InChI is InChI=1S/C30H26O9/c1-3-21-7-9-22(10-8-21)28(32)37-24-15-17-25(18-16-24)38-29(33)23-11-13-26(14-12-23)39-30(34)36-20-6-5-19-35-27(31)4-2/h3-4,7-18H,1-2,5-6,19-20H2. The van der Waals surface area contributed by atoms with E-state index in [4.69, 9.17) is 23.7 Å². The van der Waals surface area contributed by atoms with Gasteiger partial charge in [-0.1, -0.05) is 31.4 Å². The van der Waals surface area contributed by atoms with Gasteiger partial charge in [0.05, 0.1) is 24.3 Å². The van der Waals surface area contributed by atoms with Gasteiger partial charge < -0.3 is 23.7 Å². The van der Waals surface area contributed by atoms with Crippen molar-refractivity contribution < 1.29 is 42.9 Å². The van der Waals surface area contributed by atoms with Crippen LogP contribution in [0.25, 0.3) is 6.08 Å². The molecule has 3 aromatic rings. The zero-order valence-corrected chi connectivity index (χ0v) is 21.0. The van der Waals surface area contributed by atoms with Crippen molar-refractivity contribution >= 4 is 30.1 Å². The summed E-state index contributed by atoms with van der Waals surface area (Å²) in [4.78, 5) is 47.5. The van der Waals surface area contributed by atoms with Gasteiger partial charge in [0.25, 0.3) is 0 Å². The smallest absolute Gasteiger partial charge is 0.463 e. The van der Waals surface area contributed by atoms with Gasteiger partial charge >= 0.3 is 24.1 Å². The Bertz CT molecular complexity index is 1310. The molecule has 0 aliphatic rings. The Morgan fingerprint density at radius 3 is 1.51 bits per heavy atom. The summed E-state index contributed by atoms with van der Waals surface area (Å²) in [5, 5.41) is 0. The molecule has 3 aromatic carbocycles. The maximum Gasteiger partial charge on any atom is 0.513 e. The molecule has 9 nitrogen and oxygen atoms in total. The van der Waals surface area contributed by atoms with Crippen LogP contribution in [0.15, 0.2) is 92.0 Å². The minimum atomic E-state index is -0.900. The van der Waals surface area contributed by atoms with Gasteiger partial charge in [0.15, 0.2) is 0 Å². The van der Waals surface area contributed by atoms with Crippen molar-refractivity contribution in [2.45, 2.75) is 12.8 Å². The van der Waals surface area contributed by atoms with Crippen LogP contribution in [-0.4, -0.2) is 37.3 Å². The molecule has 0 aliphatic carbocycles. The lowest BCUT2D eigenvalue weighted by Gasteiger charge is -2.08. The summed E-state index contributed by atoms with van der Waals surface area (Å²) in [5.41, 5.74) is 1.50. The first kappa shape index (κ1) is 28.4. The van der Waals surface area contributed by atoms with Crippen LogP contribution >= 0.6 is 0 Å². The molecule has 0 aliphatic heterocycles. The summed E-state index contributed by atoms with van der Waals surface area (Å²) >= 11 is 0. The Balaban J connectivity index is 1.42. The van der Waals surface area contributed by atoms with Crippen LogP contribution in [0, 0.1) is 0 Å². The maximum absolute atomic E-state index is 12.5. The SMILES string of the molecule is C=CC(=O)OCCCCOC(=O)Oc1ccc(C(=O)Oc2ccc(OC(=O)c3ccc(C=C)cc3)cc2)cc1. The van der Waals surface area contributed by atoms with Crippen LogP contribution in [0.4, 0.5) is 4.79 Å². The van der Waals surface area contributed by atoms with Crippen LogP contribution < -0.4 is 14.2 Å². The molecule has 0 fully saturated rings. The number of ether oxygens (including phenoxy) is 5. The quantitative estimate of drug-likeness (QED) is 0.0943. The first-order valence-corrected chi connectivity index (χ1v) is 11.9. The third-order valence-corrected chi connectivity index (χ3v) is 5.09. The number of hydrogen-bond acceptors (Lipinski definition) is 9. The third-order valence-electron chi connectivity index (χ3n) is 5.09. The van der Waals surface area contributed by atoms with Crippen LogP contribution in [0.2, 0.25) is 0 Å². The number of rotatable bonds is 12. The highest BCUT2D eigenvalue weighted by Gasteiger charge is 2.12. The van der Waals surface area contributed by atoms with E-state index in [9.17, 15) is 19.2 Å². The van der Waals surface area contributed by atoms with Crippen molar-refractivity contribution in [2.24, 2.45) is 0 Å². The van der Waals surface area contributed by atoms with E-state index >= 15 is 0 Å². The molecule has 9 heteroatoms. The second-order valence-corrected chi connectivity index (χ2v) is 7.88. The highest BCUT2D eigenvalue weighted by atomic mass is 16.7. The molecule has 3 rings (SSSR count). The Hall–Kier alpha value is -5.18. The molecule has 200 valence electrons. The zero-order chi connectivity index (χ0) is 28.0. The lowest BCUT2D eigenvalue weighted by Crippen LogP contribution is -2.12. The fourth-order valence-corrected chi connectivity index (χ4v) is 3.04. The first-order chi connectivity index (χ1) is 18.9. The molecular weight excluding hydrogens is 504 g/mol. The molecule has 0 bridgehead atoms.